The Kier molecular flexibility index (Phi) is 4.65. The summed E-state index contributed by atoms with van der Waals surface area (Å²) < 4.78 is 6.20. The molecule has 1 amide bonds. The van der Waals surface area contributed by atoms with Gasteiger partial charge in [0.15, 0.2) is 5.69 Å². The molecule has 0 aromatic carbocycles. The van der Waals surface area contributed by atoms with E-state index in [1.807, 2.05) is 6.07 Å². The molecule has 0 saturated carbocycles. The molecule has 2 heterocycles. The van der Waals surface area contributed by atoms with Crippen LogP contribution in [0.1, 0.15) is 33.5 Å². The van der Waals surface area contributed by atoms with E-state index >= 15 is 0 Å². The smallest absolute Gasteiger partial charge is 0.358 e. The molecular weight excluding hydrogens is 272 g/mol. The van der Waals surface area contributed by atoms with Gasteiger partial charge in [-0.25, -0.2) is 4.79 Å². The van der Waals surface area contributed by atoms with E-state index in [1.165, 1.54) is 10.7 Å². The molecule has 0 unspecified atom stereocenters. The van der Waals surface area contributed by atoms with Gasteiger partial charge in [-0.15, -0.1) is 0 Å². The fraction of sp³-hybridized carbons (Fsp3) is 0.286. The van der Waals surface area contributed by atoms with Crippen LogP contribution in [-0.4, -0.2) is 33.2 Å². The average Bonchev–Trinajstić information content (AvgIpc) is 2.88. The fourth-order valence-corrected chi connectivity index (χ4v) is 1.76. The molecule has 0 radical (unpaired) electrons. The summed E-state index contributed by atoms with van der Waals surface area (Å²) in [6.07, 6.45) is 3.34. The van der Waals surface area contributed by atoms with Crippen molar-refractivity contribution in [3.05, 3.63) is 47.5 Å². The number of aromatic nitrogens is 3. The molecule has 2 rings (SSSR count). The maximum atomic E-state index is 12.1. The normalized spacial score (nSPS) is 10.2. The number of hydrogen-bond donors (Lipinski definition) is 1. The fourth-order valence-electron chi connectivity index (χ4n) is 1.76. The van der Waals surface area contributed by atoms with Gasteiger partial charge in [0.1, 0.15) is 5.69 Å². The third-order valence-corrected chi connectivity index (χ3v) is 2.77. The number of ether oxygens (including phenoxy) is 1. The zero-order valence-electron chi connectivity index (χ0n) is 11.9. The second-order valence-corrected chi connectivity index (χ2v) is 4.30. The molecule has 2 aromatic rings. The monoisotopic (exact) mass is 288 g/mol. The van der Waals surface area contributed by atoms with Crippen LogP contribution in [0.5, 0.6) is 0 Å². The lowest BCUT2D eigenvalue weighted by Gasteiger charge is -2.04. The molecule has 0 atom stereocenters. The molecule has 7 heteroatoms. The van der Waals surface area contributed by atoms with Gasteiger partial charge >= 0.3 is 5.97 Å². The Labute approximate surface area is 121 Å². The highest BCUT2D eigenvalue weighted by Crippen LogP contribution is 2.05. The summed E-state index contributed by atoms with van der Waals surface area (Å²) in [7, 11) is 1.60. The first-order valence-corrected chi connectivity index (χ1v) is 6.50. The summed E-state index contributed by atoms with van der Waals surface area (Å²) in [5.74, 6) is -0.858. The van der Waals surface area contributed by atoms with Crippen LogP contribution in [-0.2, 0) is 18.3 Å². The van der Waals surface area contributed by atoms with E-state index in [0.29, 0.717) is 12.2 Å². The number of esters is 1. The zero-order valence-corrected chi connectivity index (χ0v) is 11.9. The summed E-state index contributed by atoms with van der Waals surface area (Å²) in [6.45, 7) is 2.33. The van der Waals surface area contributed by atoms with Crippen LogP contribution in [0.2, 0.25) is 0 Å². The lowest BCUT2D eigenvalue weighted by molar-refractivity contribution is 0.0518. The van der Waals surface area contributed by atoms with Crippen LogP contribution in [0.15, 0.2) is 30.6 Å². The second-order valence-electron chi connectivity index (χ2n) is 4.30. The number of carbonyl (C=O) groups excluding carboxylic acids is 2. The summed E-state index contributed by atoms with van der Waals surface area (Å²) in [5, 5.41) is 6.72. The van der Waals surface area contributed by atoms with Crippen LogP contribution >= 0.6 is 0 Å². The van der Waals surface area contributed by atoms with Gasteiger partial charge in [0.2, 0.25) is 0 Å². The summed E-state index contributed by atoms with van der Waals surface area (Å²) in [6, 6.07) is 5.07. The number of nitrogens with one attached hydrogen (secondary N) is 1. The van der Waals surface area contributed by atoms with Gasteiger partial charge in [0.25, 0.3) is 5.91 Å². The van der Waals surface area contributed by atoms with Crippen molar-refractivity contribution >= 4 is 11.9 Å². The molecule has 0 aliphatic heterocycles. The third-order valence-electron chi connectivity index (χ3n) is 2.77. The SMILES string of the molecule is CCOC(=O)c1cc(C(=O)NCc2cccnc2)n(C)n1. The Bertz CT molecular complexity index is 637. The minimum absolute atomic E-state index is 0.117. The second kappa shape index (κ2) is 6.65. The van der Waals surface area contributed by atoms with Crippen LogP contribution < -0.4 is 5.32 Å². The standard InChI is InChI=1S/C14H16N4O3/c1-3-21-14(20)11-7-12(18(2)17-11)13(19)16-9-10-5-4-6-15-8-10/h4-8H,3,9H2,1-2H3,(H,16,19). The predicted octanol–water partition coefficient (Wildman–Crippen LogP) is 0.922. The quantitative estimate of drug-likeness (QED) is 0.827. The van der Waals surface area contributed by atoms with Crippen molar-refractivity contribution in [3.63, 3.8) is 0 Å². The van der Waals surface area contributed by atoms with Crippen molar-refractivity contribution in [2.45, 2.75) is 13.5 Å². The maximum absolute atomic E-state index is 12.1. The van der Waals surface area contributed by atoms with Gasteiger partial charge in [-0.3, -0.25) is 14.5 Å². The van der Waals surface area contributed by atoms with Crippen LogP contribution in [0.4, 0.5) is 0 Å². The summed E-state index contributed by atoms with van der Waals surface area (Å²) in [5.41, 5.74) is 1.30. The van der Waals surface area contributed by atoms with Gasteiger partial charge in [-0.1, -0.05) is 6.07 Å². The Morgan fingerprint density at radius 2 is 2.24 bits per heavy atom. The molecule has 7 nitrogen and oxygen atoms in total. The Balaban J connectivity index is 2.04. The minimum Gasteiger partial charge on any atom is -0.461 e. The molecule has 1 N–H and O–H groups in total. The maximum Gasteiger partial charge on any atom is 0.358 e. The van der Waals surface area contributed by atoms with Crippen molar-refractivity contribution in [1.29, 1.82) is 0 Å². The van der Waals surface area contributed by atoms with Gasteiger partial charge in [0, 0.05) is 32.1 Å². The van der Waals surface area contributed by atoms with E-state index in [0.717, 1.165) is 5.56 Å². The Hall–Kier alpha value is -2.70. The Morgan fingerprint density at radius 3 is 2.90 bits per heavy atom. The number of rotatable bonds is 5. The molecule has 2 aromatic heterocycles. The Morgan fingerprint density at radius 1 is 1.43 bits per heavy atom. The van der Waals surface area contributed by atoms with Gasteiger partial charge in [-0.05, 0) is 18.6 Å². The molecule has 0 aliphatic carbocycles. The number of aryl methyl sites for hydroxylation is 1. The van der Waals surface area contributed by atoms with Crippen molar-refractivity contribution < 1.29 is 14.3 Å². The number of amides is 1. The van der Waals surface area contributed by atoms with E-state index in [1.54, 1.807) is 32.4 Å². The molecule has 21 heavy (non-hydrogen) atoms. The molecular formula is C14H16N4O3. The van der Waals surface area contributed by atoms with Gasteiger partial charge in [0.05, 0.1) is 6.61 Å². The van der Waals surface area contributed by atoms with Crippen LogP contribution in [0, 0.1) is 0 Å². The molecule has 0 spiro atoms. The van der Waals surface area contributed by atoms with E-state index in [9.17, 15) is 9.59 Å². The molecule has 0 fully saturated rings. The zero-order chi connectivity index (χ0) is 15.2. The van der Waals surface area contributed by atoms with E-state index in [-0.39, 0.29) is 18.2 Å². The number of carbonyl (C=O) groups is 2. The molecule has 0 aliphatic rings. The number of hydrogen-bond acceptors (Lipinski definition) is 5. The lowest BCUT2D eigenvalue weighted by atomic mass is 10.2. The van der Waals surface area contributed by atoms with Gasteiger partial charge < -0.3 is 10.1 Å². The van der Waals surface area contributed by atoms with Crippen molar-refractivity contribution in [2.75, 3.05) is 6.61 Å². The first kappa shape index (κ1) is 14.7. The van der Waals surface area contributed by atoms with E-state index < -0.39 is 5.97 Å². The molecule has 0 saturated heterocycles. The highest BCUT2D eigenvalue weighted by Gasteiger charge is 2.18. The summed E-state index contributed by atoms with van der Waals surface area (Å²) in [4.78, 5) is 27.6. The lowest BCUT2D eigenvalue weighted by Crippen LogP contribution is -2.25. The molecule has 0 bridgehead atoms. The highest BCUT2D eigenvalue weighted by molar-refractivity contribution is 5.96. The average molecular weight is 288 g/mol. The van der Waals surface area contributed by atoms with Crippen molar-refractivity contribution in [1.82, 2.24) is 20.1 Å². The van der Waals surface area contributed by atoms with E-state index in [4.69, 9.17) is 4.74 Å². The highest BCUT2D eigenvalue weighted by atomic mass is 16.5. The van der Waals surface area contributed by atoms with Crippen LogP contribution in [0.3, 0.4) is 0 Å². The summed E-state index contributed by atoms with van der Waals surface area (Å²) >= 11 is 0. The largest absolute Gasteiger partial charge is 0.461 e. The topological polar surface area (TPSA) is 86.1 Å². The van der Waals surface area contributed by atoms with E-state index in [2.05, 4.69) is 15.4 Å². The number of pyridine rings is 1. The third kappa shape index (κ3) is 3.65. The van der Waals surface area contributed by atoms with Crippen molar-refractivity contribution in [2.24, 2.45) is 7.05 Å². The predicted molar refractivity (Wildman–Crippen MR) is 74.6 cm³/mol. The first-order valence-electron chi connectivity index (χ1n) is 6.50. The number of nitrogens with zero attached hydrogens (tertiary/aromatic N) is 3. The van der Waals surface area contributed by atoms with Crippen molar-refractivity contribution in [3.8, 4) is 0 Å². The first-order chi connectivity index (χ1) is 10.1. The minimum atomic E-state index is -0.542. The molecule has 110 valence electrons. The van der Waals surface area contributed by atoms with Crippen LogP contribution in [0.25, 0.3) is 0 Å². The van der Waals surface area contributed by atoms with Gasteiger partial charge in [-0.2, -0.15) is 5.10 Å².